The molecule has 3 rings (SSSR count). The Balaban J connectivity index is 0.000000463. The number of ether oxygens (including phenoxy) is 1. The molecule has 0 saturated heterocycles. The number of benzene rings is 3. The predicted octanol–water partition coefficient (Wildman–Crippen LogP) is 9.03. The Labute approximate surface area is 219 Å². The quantitative estimate of drug-likeness (QED) is 0.233. The van der Waals surface area contributed by atoms with E-state index in [1.54, 1.807) is 0 Å². The summed E-state index contributed by atoms with van der Waals surface area (Å²) in [7, 11) is 1.36. The SMILES string of the molecule is C.COc1ccc(Cl)c(Cl)c1F.Fc1cccc(Cl)c1Cl.OC(O)c1ccc(Cl)c(Cl)c1F. The van der Waals surface area contributed by atoms with Crippen LogP contribution >= 0.6 is 69.6 Å². The minimum Gasteiger partial charge on any atom is -0.494 e. The third-order valence-electron chi connectivity index (χ3n) is 3.47. The molecule has 0 bridgehead atoms. The maximum Gasteiger partial charge on any atom is 0.185 e. The van der Waals surface area contributed by atoms with Crippen LogP contribution in [0.2, 0.25) is 30.1 Å². The van der Waals surface area contributed by atoms with Gasteiger partial charge < -0.3 is 14.9 Å². The highest BCUT2D eigenvalue weighted by Crippen LogP contribution is 2.31. The van der Waals surface area contributed by atoms with Crippen LogP contribution in [0.5, 0.6) is 5.75 Å². The first-order valence-corrected chi connectivity index (χ1v) is 10.5. The van der Waals surface area contributed by atoms with E-state index in [1.165, 1.54) is 43.5 Å². The summed E-state index contributed by atoms with van der Waals surface area (Å²) in [6, 6.07) is 9.65. The molecule has 0 aliphatic carbocycles. The first-order valence-electron chi connectivity index (χ1n) is 8.18. The van der Waals surface area contributed by atoms with Crippen LogP contribution in [0.15, 0.2) is 42.5 Å². The van der Waals surface area contributed by atoms with E-state index >= 15 is 0 Å². The van der Waals surface area contributed by atoms with Crippen molar-refractivity contribution in [3.05, 3.63) is 95.6 Å². The maximum absolute atomic E-state index is 13.0. The number of aliphatic hydroxyl groups excluding tert-OH is 1. The van der Waals surface area contributed by atoms with E-state index in [0.717, 1.165) is 6.07 Å². The fraction of sp³-hybridized carbons (Fsp3) is 0.143. The van der Waals surface area contributed by atoms with Crippen molar-refractivity contribution in [2.45, 2.75) is 13.7 Å². The van der Waals surface area contributed by atoms with Crippen molar-refractivity contribution in [3.63, 3.8) is 0 Å². The zero-order valence-electron chi connectivity index (χ0n) is 15.8. The molecule has 3 nitrogen and oxygen atoms in total. The molecule has 0 amide bonds. The molecule has 0 aliphatic heterocycles. The van der Waals surface area contributed by atoms with Crippen molar-refractivity contribution in [2.24, 2.45) is 0 Å². The first-order chi connectivity index (χ1) is 14.9. The Morgan fingerprint density at radius 3 is 1.64 bits per heavy atom. The second-order valence-electron chi connectivity index (χ2n) is 5.55. The van der Waals surface area contributed by atoms with E-state index in [2.05, 4.69) is 4.74 Å². The summed E-state index contributed by atoms with van der Waals surface area (Å²) in [5, 5.41) is 17.3. The number of hydrogen-bond donors (Lipinski definition) is 2. The molecule has 0 aliphatic rings. The molecule has 3 aromatic rings. The zero-order valence-corrected chi connectivity index (χ0v) is 20.4. The van der Waals surface area contributed by atoms with E-state index in [4.69, 9.17) is 79.8 Å². The van der Waals surface area contributed by atoms with Crippen molar-refractivity contribution < 1.29 is 28.1 Å². The predicted molar refractivity (Wildman–Crippen MR) is 130 cm³/mol. The van der Waals surface area contributed by atoms with Crippen molar-refractivity contribution in [1.82, 2.24) is 0 Å². The van der Waals surface area contributed by atoms with Crippen LogP contribution in [0.25, 0.3) is 0 Å². The summed E-state index contributed by atoms with van der Waals surface area (Å²) in [5.41, 5.74) is -0.288. The Bertz CT molecular complexity index is 1050. The zero-order chi connectivity index (χ0) is 24.6. The number of methoxy groups -OCH3 is 1. The second kappa shape index (κ2) is 15.0. The monoisotopic (exact) mass is 584 g/mol. The molecule has 0 unspecified atom stereocenters. The molecule has 0 aromatic heterocycles. The van der Waals surface area contributed by atoms with Gasteiger partial charge in [0, 0.05) is 5.56 Å². The summed E-state index contributed by atoms with van der Waals surface area (Å²) in [6.07, 6.45) is -1.88. The van der Waals surface area contributed by atoms with Crippen molar-refractivity contribution in [3.8, 4) is 5.75 Å². The van der Waals surface area contributed by atoms with Gasteiger partial charge in [-0.3, -0.25) is 0 Å². The molecule has 0 spiro atoms. The molecule has 3 aromatic carbocycles. The molecule has 0 atom stereocenters. The molecule has 182 valence electrons. The number of hydrogen-bond acceptors (Lipinski definition) is 3. The van der Waals surface area contributed by atoms with Crippen molar-refractivity contribution >= 4 is 69.6 Å². The lowest BCUT2D eigenvalue weighted by atomic mass is 10.2. The summed E-state index contributed by atoms with van der Waals surface area (Å²) >= 11 is 32.7. The lowest BCUT2D eigenvalue weighted by Crippen LogP contribution is -1.99. The molecule has 0 radical (unpaired) electrons. The topological polar surface area (TPSA) is 49.7 Å². The third-order valence-corrected chi connectivity index (χ3v) is 5.83. The van der Waals surface area contributed by atoms with E-state index in [1.807, 2.05) is 0 Å². The van der Waals surface area contributed by atoms with E-state index in [9.17, 15) is 13.2 Å². The van der Waals surface area contributed by atoms with Gasteiger partial charge in [-0.1, -0.05) is 83.1 Å². The highest BCUT2D eigenvalue weighted by molar-refractivity contribution is 6.43. The minimum atomic E-state index is -1.88. The van der Waals surface area contributed by atoms with E-state index in [-0.39, 0.29) is 48.9 Å². The van der Waals surface area contributed by atoms with Gasteiger partial charge in [0.05, 0.1) is 37.2 Å². The molecular weight excluding hydrogens is 570 g/mol. The van der Waals surface area contributed by atoms with Gasteiger partial charge in [0.2, 0.25) is 0 Å². The van der Waals surface area contributed by atoms with Gasteiger partial charge in [-0.25, -0.2) is 13.2 Å². The fourth-order valence-corrected chi connectivity index (χ4v) is 2.79. The van der Waals surface area contributed by atoms with Crippen molar-refractivity contribution in [2.75, 3.05) is 7.11 Å². The van der Waals surface area contributed by atoms with E-state index < -0.39 is 23.7 Å². The maximum atomic E-state index is 13.0. The standard InChI is InChI=1S/C7H5Cl2FO2.C7H5Cl2FO.C6H3Cl2F.CH4/c8-4-2-1-3(7(11)12)6(10)5(4)9;1-11-5-3-2-4(8)6(9)7(5)10;7-4-2-1-3-5(9)6(4)8;/h1-2,7,11-12H;2-3H,1H3;1-3H;1H4. The normalized spacial score (nSPS) is 9.85. The fourth-order valence-electron chi connectivity index (χ4n) is 1.88. The molecule has 0 fully saturated rings. The second-order valence-corrected chi connectivity index (χ2v) is 7.91. The largest absolute Gasteiger partial charge is 0.494 e. The van der Waals surface area contributed by atoms with E-state index in [0.29, 0.717) is 0 Å². The van der Waals surface area contributed by atoms with Crippen LogP contribution in [-0.4, -0.2) is 17.3 Å². The third kappa shape index (κ3) is 9.23. The number of halogens is 9. The van der Waals surface area contributed by atoms with Gasteiger partial charge in [-0.05, 0) is 36.4 Å². The molecular formula is C21H17Cl6F3O3. The van der Waals surface area contributed by atoms with Crippen LogP contribution in [-0.2, 0) is 0 Å². The van der Waals surface area contributed by atoms with Crippen LogP contribution in [0, 0.1) is 17.5 Å². The Kier molecular flexibility index (Phi) is 14.5. The van der Waals surface area contributed by atoms with Crippen LogP contribution in [0.4, 0.5) is 13.2 Å². The number of rotatable bonds is 2. The summed E-state index contributed by atoms with van der Waals surface area (Å²) < 4.78 is 42.9. The Morgan fingerprint density at radius 2 is 1.18 bits per heavy atom. The van der Waals surface area contributed by atoms with Crippen LogP contribution in [0.1, 0.15) is 19.3 Å². The molecule has 0 saturated carbocycles. The lowest BCUT2D eigenvalue weighted by molar-refractivity contribution is -0.0449. The summed E-state index contributed by atoms with van der Waals surface area (Å²) in [6.45, 7) is 0. The number of aliphatic hydroxyl groups is 2. The summed E-state index contributed by atoms with van der Waals surface area (Å²) in [5.74, 6) is -1.91. The van der Waals surface area contributed by atoms with Crippen LogP contribution in [0.3, 0.4) is 0 Å². The average Bonchev–Trinajstić information content (AvgIpc) is 2.75. The molecule has 12 heteroatoms. The smallest absolute Gasteiger partial charge is 0.185 e. The highest BCUT2D eigenvalue weighted by Gasteiger charge is 2.14. The van der Waals surface area contributed by atoms with Gasteiger partial charge in [-0.2, -0.15) is 0 Å². The summed E-state index contributed by atoms with van der Waals surface area (Å²) in [4.78, 5) is 0. The molecule has 0 heterocycles. The van der Waals surface area contributed by atoms with Gasteiger partial charge in [0.25, 0.3) is 0 Å². The van der Waals surface area contributed by atoms with Crippen molar-refractivity contribution in [1.29, 1.82) is 0 Å². The van der Waals surface area contributed by atoms with Crippen LogP contribution < -0.4 is 4.74 Å². The van der Waals surface area contributed by atoms with Gasteiger partial charge in [-0.15, -0.1) is 0 Å². The van der Waals surface area contributed by atoms with Gasteiger partial charge >= 0.3 is 0 Å². The molecule has 2 N–H and O–H groups in total. The van der Waals surface area contributed by atoms with Gasteiger partial charge in [0.15, 0.2) is 23.7 Å². The Hall–Kier alpha value is -1.09. The lowest BCUT2D eigenvalue weighted by Gasteiger charge is -2.06. The van der Waals surface area contributed by atoms with Gasteiger partial charge in [0.1, 0.15) is 5.82 Å². The first kappa shape index (κ1) is 31.9. The highest BCUT2D eigenvalue weighted by atomic mass is 35.5. The average molecular weight is 587 g/mol. The Morgan fingerprint density at radius 1 is 0.697 bits per heavy atom. The molecule has 33 heavy (non-hydrogen) atoms. The minimum absolute atomic E-state index is 0.